The lowest BCUT2D eigenvalue weighted by Crippen LogP contribution is -2.38. The van der Waals surface area contributed by atoms with Crippen LogP contribution >= 0.6 is 11.3 Å². The average Bonchev–Trinajstić information content (AvgIpc) is 3.50. The van der Waals surface area contributed by atoms with E-state index in [1.165, 1.54) is 11.3 Å². The molecule has 1 atom stereocenters. The molecule has 3 aromatic rings. The molecule has 0 bridgehead atoms. The number of aromatic nitrogens is 1. The van der Waals surface area contributed by atoms with Gasteiger partial charge in [0.05, 0.1) is 18.7 Å². The standard InChI is InChI=1S/C30H33N3O6S/c1-3-39-30(37)27(21-7-5-4-6-8-21)32-28(36)24-19-40-29(31-24)22-15-17-33(18-16-22)26(35)14-13-25(34)20-9-11-23(38-2)12-10-20/h4-12,19,22,27H,3,13-18H2,1-2H3,(H,32,36). The smallest absolute Gasteiger partial charge is 0.333 e. The molecule has 10 heteroatoms. The van der Waals surface area contributed by atoms with Crippen molar-refractivity contribution in [3.8, 4) is 5.75 Å². The molecule has 0 radical (unpaired) electrons. The maximum Gasteiger partial charge on any atom is 0.333 e. The molecule has 2 amide bonds. The first-order chi connectivity index (χ1) is 19.4. The number of likely N-dealkylation sites (tertiary alicyclic amines) is 1. The van der Waals surface area contributed by atoms with Gasteiger partial charge in [-0.3, -0.25) is 14.4 Å². The van der Waals surface area contributed by atoms with Crippen LogP contribution in [0, 0.1) is 0 Å². The van der Waals surface area contributed by atoms with Gasteiger partial charge in [0.25, 0.3) is 5.91 Å². The van der Waals surface area contributed by atoms with Gasteiger partial charge in [-0.2, -0.15) is 0 Å². The summed E-state index contributed by atoms with van der Waals surface area (Å²) in [4.78, 5) is 57.1. The highest BCUT2D eigenvalue weighted by molar-refractivity contribution is 7.09. The second-order valence-electron chi connectivity index (χ2n) is 9.45. The van der Waals surface area contributed by atoms with Gasteiger partial charge >= 0.3 is 5.97 Å². The largest absolute Gasteiger partial charge is 0.497 e. The summed E-state index contributed by atoms with van der Waals surface area (Å²) in [5, 5.41) is 5.28. The van der Waals surface area contributed by atoms with Crippen molar-refractivity contribution >= 4 is 34.9 Å². The van der Waals surface area contributed by atoms with E-state index >= 15 is 0 Å². The predicted octanol–water partition coefficient (Wildman–Crippen LogP) is 4.56. The van der Waals surface area contributed by atoms with Gasteiger partial charge in [-0.1, -0.05) is 30.3 Å². The monoisotopic (exact) mass is 563 g/mol. The first kappa shape index (κ1) is 28.9. The number of carbonyl (C=O) groups excluding carboxylic acids is 4. The van der Waals surface area contributed by atoms with E-state index in [1.807, 2.05) is 6.07 Å². The Labute approximate surface area is 237 Å². The highest BCUT2D eigenvalue weighted by Crippen LogP contribution is 2.31. The number of ketones is 1. The Bertz CT molecular complexity index is 1320. The number of benzene rings is 2. The summed E-state index contributed by atoms with van der Waals surface area (Å²) < 4.78 is 10.3. The third-order valence-electron chi connectivity index (χ3n) is 6.86. The minimum atomic E-state index is -0.926. The normalized spacial score (nSPS) is 14.3. The predicted molar refractivity (Wildman–Crippen MR) is 151 cm³/mol. The number of thiazole rings is 1. The number of nitrogens with one attached hydrogen (secondary N) is 1. The quantitative estimate of drug-likeness (QED) is 0.269. The van der Waals surface area contributed by atoms with E-state index in [9.17, 15) is 19.2 Å². The topological polar surface area (TPSA) is 115 Å². The summed E-state index contributed by atoms with van der Waals surface area (Å²) in [6.07, 6.45) is 1.77. The lowest BCUT2D eigenvalue weighted by atomic mass is 9.97. The molecule has 0 spiro atoms. The lowest BCUT2D eigenvalue weighted by molar-refractivity contribution is -0.145. The van der Waals surface area contributed by atoms with Crippen molar-refractivity contribution in [3.63, 3.8) is 0 Å². The van der Waals surface area contributed by atoms with Gasteiger partial charge in [-0.25, -0.2) is 9.78 Å². The minimum absolute atomic E-state index is 0.0366. The summed E-state index contributed by atoms with van der Waals surface area (Å²) >= 11 is 1.40. The molecule has 4 rings (SSSR count). The SMILES string of the molecule is CCOC(=O)C(NC(=O)c1csc(C2CCN(C(=O)CCC(=O)c3ccc(OC)cc3)CC2)n1)c1ccccc1. The second-order valence-corrected chi connectivity index (χ2v) is 10.3. The molecule has 1 fully saturated rings. The van der Waals surface area contributed by atoms with Crippen LogP contribution in [-0.2, 0) is 14.3 Å². The van der Waals surface area contributed by atoms with E-state index in [4.69, 9.17) is 9.47 Å². The van der Waals surface area contributed by atoms with Crippen molar-refractivity contribution in [1.82, 2.24) is 15.2 Å². The summed E-state index contributed by atoms with van der Waals surface area (Å²) in [6.45, 7) is 3.06. The Hall–Kier alpha value is -4.05. The Balaban J connectivity index is 1.28. The van der Waals surface area contributed by atoms with E-state index in [0.717, 1.165) is 17.8 Å². The van der Waals surface area contributed by atoms with Gasteiger partial charge in [-0.15, -0.1) is 11.3 Å². The van der Waals surface area contributed by atoms with Crippen LogP contribution in [0.15, 0.2) is 60.0 Å². The third-order valence-corrected chi connectivity index (χ3v) is 7.87. The number of ether oxygens (including phenoxy) is 2. The van der Waals surface area contributed by atoms with Crippen molar-refractivity contribution in [3.05, 3.63) is 81.8 Å². The average molecular weight is 564 g/mol. The number of rotatable bonds is 11. The summed E-state index contributed by atoms with van der Waals surface area (Å²) in [5.74, 6) is -0.274. The number of nitrogens with zero attached hydrogens (tertiary/aromatic N) is 2. The van der Waals surface area contributed by atoms with Crippen molar-refractivity contribution in [2.24, 2.45) is 0 Å². The molecule has 1 aliphatic rings. The first-order valence-corrected chi connectivity index (χ1v) is 14.2. The van der Waals surface area contributed by atoms with Gasteiger partial charge in [0.15, 0.2) is 11.8 Å². The van der Waals surface area contributed by atoms with Crippen LogP contribution in [0.1, 0.15) is 76.0 Å². The maximum absolute atomic E-state index is 13.0. The second kappa shape index (κ2) is 13.8. The first-order valence-electron chi connectivity index (χ1n) is 13.3. The molecule has 1 unspecified atom stereocenters. The van der Waals surface area contributed by atoms with Crippen molar-refractivity contribution in [1.29, 1.82) is 0 Å². The molecule has 210 valence electrons. The van der Waals surface area contributed by atoms with E-state index in [2.05, 4.69) is 10.3 Å². The Morgan fingerprint density at radius 2 is 1.73 bits per heavy atom. The fraction of sp³-hybridized carbons (Fsp3) is 0.367. The zero-order valence-electron chi connectivity index (χ0n) is 22.6. The molecule has 9 nitrogen and oxygen atoms in total. The fourth-order valence-electron chi connectivity index (χ4n) is 4.61. The molecule has 40 heavy (non-hydrogen) atoms. The Morgan fingerprint density at radius 1 is 1.02 bits per heavy atom. The molecule has 1 aromatic heterocycles. The van der Waals surface area contributed by atoms with Gasteiger partial charge in [0, 0.05) is 42.8 Å². The number of esters is 1. The number of carbonyl (C=O) groups is 4. The number of hydrogen-bond donors (Lipinski definition) is 1. The van der Waals surface area contributed by atoms with Crippen LogP contribution in [0.5, 0.6) is 5.75 Å². The van der Waals surface area contributed by atoms with E-state index in [0.29, 0.717) is 30.0 Å². The number of hydrogen-bond acceptors (Lipinski definition) is 8. The third kappa shape index (κ3) is 7.32. The molecule has 2 heterocycles. The van der Waals surface area contributed by atoms with Crippen LogP contribution in [0.4, 0.5) is 0 Å². The van der Waals surface area contributed by atoms with E-state index < -0.39 is 17.9 Å². The maximum atomic E-state index is 13.0. The van der Waals surface area contributed by atoms with Gasteiger partial charge in [0.2, 0.25) is 5.91 Å². The zero-order valence-corrected chi connectivity index (χ0v) is 23.4. The Kier molecular flexibility index (Phi) is 10.0. The summed E-state index contributed by atoms with van der Waals surface area (Å²) in [6, 6.07) is 14.9. The molecule has 2 aromatic carbocycles. The van der Waals surface area contributed by atoms with E-state index in [-0.39, 0.29) is 42.8 Å². The van der Waals surface area contributed by atoms with Crippen LogP contribution in [0.3, 0.4) is 0 Å². The zero-order chi connectivity index (χ0) is 28.5. The molecular weight excluding hydrogens is 530 g/mol. The van der Waals surface area contributed by atoms with Gasteiger partial charge in [-0.05, 0) is 49.6 Å². The number of methoxy groups -OCH3 is 1. The van der Waals surface area contributed by atoms with Crippen molar-refractivity contribution < 1.29 is 28.7 Å². The number of amides is 2. The molecular formula is C30H33N3O6S. The van der Waals surface area contributed by atoms with Crippen molar-refractivity contribution in [2.45, 2.75) is 44.6 Å². The highest BCUT2D eigenvalue weighted by Gasteiger charge is 2.28. The van der Waals surface area contributed by atoms with Crippen LogP contribution in [-0.4, -0.2) is 60.3 Å². The molecule has 0 aliphatic carbocycles. The highest BCUT2D eigenvalue weighted by atomic mass is 32.1. The van der Waals surface area contributed by atoms with Crippen LogP contribution in [0.25, 0.3) is 0 Å². The number of Topliss-reactive ketones (excluding diaryl/α,β-unsaturated/α-hetero) is 1. The summed E-state index contributed by atoms with van der Waals surface area (Å²) in [7, 11) is 1.57. The number of piperidine rings is 1. The van der Waals surface area contributed by atoms with E-state index in [1.54, 1.807) is 72.8 Å². The molecule has 0 saturated carbocycles. The van der Waals surface area contributed by atoms with Crippen LogP contribution < -0.4 is 10.1 Å². The summed E-state index contributed by atoms with van der Waals surface area (Å²) in [5.41, 5.74) is 1.45. The lowest BCUT2D eigenvalue weighted by Gasteiger charge is -2.31. The molecule has 1 aliphatic heterocycles. The molecule has 1 saturated heterocycles. The van der Waals surface area contributed by atoms with Gasteiger partial charge in [0.1, 0.15) is 11.4 Å². The van der Waals surface area contributed by atoms with Crippen molar-refractivity contribution in [2.75, 3.05) is 26.8 Å². The minimum Gasteiger partial charge on any atom is -0.497 e. The Morgan fingerprint density at radius 3 is 2.38 bits per heavy atom. The molecule has 1 N–H and O–H groups in total. The van der Waals surface area contributed by atoms with Crippen LogP contribution in [0.2, 0.25) is 0 Å². The van der Waals surface area contributed by atoms with Gasteiger partial charge < -0.3 is 19.7 Å². The fourth-order valence-corrected chi connectivity index (χ4v) is 5.58.